The quantitative estimate of drug-likeness (QED) is 0.715. The van der Waals surface area contributed by atoms with Crippen molar-refractivity contribution in [2.75, 3.05) is 0 Å². The van der Waals surface area contributed by atoms with Gasteiger partial charge in [-0.1, -0.05) is 30.3 Å². The molecule has 0 bridgehead atoms. The van der Waals surface area contributed by atoms with Crippen molar-refractivity contribution < 1.29 is 1.41 Å². The van der Waals surface area contributed by atoms with Crippen LogP contribution in [0.4, 0.5) is 0 Å². The first-order valence-electron chi connectivity index (χ1n) is 4.35. The number of rotatable bonds is 2. The molecule has 0 amide bonds. The molecule has 1 aromatic carbocycles. The lowest BCUT2D eigenvalue weighted by Gasteiger charge is -1.95. The van der Waals surface area contributed by atoms with Gasteiger partial charge < -0.3 is 4.98 Å². The lowest BCUT2D eigenvalue weighted by molar-refractivity contribution is 1.11. The molecule has 1 aromatic heterocycles. The summed E-state index contributed by atoms with van der Waals surface area (Å²) in [5, 5.41) is 0. The smallest absolute Gasteiger partial charge is 0.167 e. The van der Waals surface area contributed by atoms with Crippen molar-refractivity contribution in [1.29, 1.82) is 0 Å². The number of nitrogens with zero attached hydrogens (tertiary/aromatic N) is 1. The third kappa shape index (κ3) is 1.53. The van der Waals surface area contributed by atoms with Crippen LogP contribution in [0.1, 0.15) is 11.3 Å². The number of nitrogens with one attached hydrogen (secondary N) is 1. The Kier molecular flexibility index (Phi) is 1.61. The van der Waals surface area contributed by atoms with Gasteiger partial charge in [-0.25, -0.2) is 4.98 Å². The van der Waals surface area contributed by atoms with Crippen molar-refractivity contribution in [3.8, 4) is 0 Å². The molecule has 0 aliphatic rings. The lowest BCUT2D eigenvalue weighted by atomic mass is 10.1. The summed E-state index contributed by atoms with van der Waals surface area (Å²) >= 11 is 0. The minimum Gasteiger partial charge on any atom is -0.351 e. The number of imidazole rings is 1. The molecule has 2 rings (SSSR count). The third-order valence-electron chi connectivity index (χ3n) is 1.74. The summed E-state index contributed by atoms with van der Waals surface area (Å²) in [5.74, 6) is 0. The minimum absolute atomic E-state index is 0.798. The average Bonchev–Trinajstić information content (AvgIpc) is 2.53. The SMILES string of the molecule is [3H]n1cnc(Cc2ccccc2)c1. The molecule has 0 unspecified atom stereocenters. The standard InChI is InChI=1S/C10H10N2/c1-2-4-9(5-3-1)6-10-7-11-8-12-10/h1-5,7-8H,6H2,(H,11,12)/i/hT. The molecule has 12 heavy (non-hydrogen) atoms. The molecule has 0 spiro atoms. The summed E-state index contributed by atoms with van der Waals surface area (Å²) < 4.78 is 7.24. The van der Waals surface area contributed by atoms with Crippen molar-refractivity contribution in [2.24, 2.45) is 0 Å². The zero-order valence-corrected chi connectivity index (χ0v) is 6.64. The molecule has 0 saturated heterocycles. The topological polar surface area (TPSA) is 28.7 Å². The Bertz CT molecular complexity index is 381. The van der Waals surface area contributed by atoms with Gasteiger partial charge in [-0.05, 0) is 5.56 Å². The molecule has 0 aliphatic heterocycles. The van der Waals surface area contributed by atoms with Crippen LogP contribution >= 0.6 is 0 Å². The maximum Gasteiger partial charge on any atom is 0.167 e. The molecule has 2 nitrogen and oxygen atoms in total. The van der Waals surface area contributed by atoms with Gasteiger partial charge in [0.1, 0.15) is 0 Å². The van der Waals surface area contributed by atoms with E-state index in [1.807, 2.05) is 18.2 Å². The fourth-order valence-corrected chi connectivity index (χ4v) is 1.16. The Hall–Kier alpha value is -1.57. The molecular formula is C10H10N2. The van der Waals surface area contributed by atoms with Crippen LogP contribution in [0.15, 0.2) is 42.9 Å². The monoisotopic (exact) mass is 160 g/mol. The predicted molar refractivity (Wildman–Crippen MR) is 47.8 cm³/mol. The Morgan fingerprint density at radius 1 is 1.33 bits per heavy atom. The molecule has 0 radical (unpaired) electrons. The van der Waals surface area contributed by atoms with E-state index in [-0.39, 0.29) is 0 Å². The normalized spacial score (nSPS) is 11.2. The number of benzene rings is 1. The molecule has 1 N–H and O–H groups in total. The minimum atomic E-state index is 0.798. The zero-order valence-electron chi connectivity index (χ0n) is 7.64. The second kappa shape index (κ2) is 3.22. The van der Waals surface area contributed by atoms with Crippen molar-refractivity contribution in [3.05, 3.63) is 54.1 Å². The largest absolute Gasteiger partial charge is 0.351 e. The van der Waals surface area contributed by atoms with E-state index in [1.165, 1.54) is 16.9 Å². The lowest BCUT2D eigenvalue weighted by Crippen LogP contribution is -1.86. The van der Waals surface area contributed by atoms with Gasteiger partial charge in [-0.15, -0.1) is 0 Å². The number of H-pyrrole nitrogens is 1. The summed E-state index contributed by atoms with van der Waals surface area (Å²) in [5.41, 5.74) is 2.16. The van der Waals surface area contributed by atoms with E-state index in [4.69, 9.17) is 1.41 Å². The highest BCUT2D eigenvalue weighted by Gasteiger charge is 1.95. The molecule has 1 heterocycles. The first-order valence-corrected chi connectivity index (χ1v) is 3.90. The zero-order chi connectivity index (χ0) is 9.10. The van der Waals surface area contributed by atoms with Crippen LogP contribution < -0.4 is 0 Å². The number of hydrogen-bond acceptors (Lipinski definition) is 1. The highest BCUT2D eigenvalue weighted by Crippen LogP contribution is 2.04. The molecule has 60 valence electrons. The van der Waals surface area contributed by atoms with E-state index in [9.17, 15) is 0 Å². The molecule has 0 fully saturated rings. The van der Waals surface area contributed by atoms with Crippen molar-refractivity contribution in [3.63, 3.8) is 0 Å². The summed E-state index contributed by atoms with van der Waals surface area (Å²) in [6, 6.07) is 10.1. The Morgan fingerprint density at radius 2 is 2.17 bits per heavy atom. The Labute approximate surface area is 72.7 Å². The van der Waals surface area contributed by atoms with Gasteiger partial charge in [0.05, 0.1) is 12.0 Å². The van der Waals surface area contributed by atoms with E-state index < -0.39 is 0 Å². The third-order valence-corrected chi connectivity index (χ3v) is 1.74. The number of aromatic nitrogens is 2. The first-order chi connectivity index (χ1) is 6.34. The van der Waals surface area contributed by atoms with Gasteiger partial charge in [-0.3, -0.25) is 0 Å². The molecule has 0 saturated carbocycles. The summed E-state index contributed by atoms with van der Waals surface area (Å²) in [6.07, 6.45) is 4.01. The number of aromatic amines is 1. The van der Waals surface area contributed by atoms with Gasteiger partial charge in [0.25, 0.3) is 0 Å². The van der Waals surface area contributed by atoms with Crippen molar-refractivity contribution in [1.82, 2.24) is 9.96 Å². The van der Waals surface area contributed by atoms with Crippen LogP contribution in [0, 0.1) is 0 Å². The average molecular weight is 160 g/mol. The maximum absolute atomic E-state index is 7.24. The van der Waals surface area contributed by atoms with E-state index >= 15 is 0 Å². The van der Waals surface area contributed by atoms with Crippen LogP contribution in [0.5, 0.6) is 0 Å². The van der Waals surface area contributed by atoms with E-state index in [1.54, 1.807) is 6.20 Å². The van der Waals surface area contributed by atoms with Gasteiger partial charge in [-0.2, -0.15) is 0 Å². The van der Waals surface area contributed by atoms with Gasteiger partial charge in [0.2, 0.25) is 0 Å². The second-order valence-electron chi connectivity index (χ2n) is 2.68. The van der Waals surface area contributed by atoms with Crippen molar-refractivity contribution in [2.45, 2.75) is 6.42 Å². The number of hydrogen-bond donors (Lipinski definition) is 1. The van der Waals surface area contributed by atoms with Gasteiger partial charge in [0, 0.05) is 12.6 Å². The van der Waals surface area contributed by atoms with Crippen LogP contribution in [0.3, 0.4) is 0 Å². The Balaban J connectivity index is 2.15. The van der Waals surface area contributed by atoms with Crippen LogP contribution in [0.2, 0.25) is 1.41 Å². The first kappa shape index (κ1) is 6.00. The predicted octanol–water partition coefficient (Wildman–Crippen LogP) is 2.00. The summed E-state index contributed by atoms with van der Waals surface area (Å²) in [7, 11) is 0. The van der Waals surface area contributed by atoms with E-state index in [2.05, 4.69) is 17.1 Å². The summed E-state index contributed by atoms with van der Waals surface area (Å²) in [4.78, 5) is 5.31. The molecule has 0 atom stereocenters. The Morgan fingerprint density at radius 3 is 2.83 bits per heavy atom. The second-order valence-corrected chi connectivity index (χ2v) is 2.68. The van der Waals surface area contributed by atoms with Gasteiger partial charge in [0.15, 0.2) is 1.41 Å². The highest BCUT2D eigenvalue weighted by atomic mass is 14.9. The summed E-state index contributed by atoms with van der Waals surface area (Å²) in [6.45, 7) is 0. The van der Waals surface area contributed by atoms with Crippen LogP contribution in [-0.2, 0) is 6.42 Å². The molecule has 2 aromatic rings. The van der Waals surface area contributed by atoms with Crippen LogP contribution in [-0.4, -0.2) is 9.96 Å². The fourth-order valence-electron chi connectivity index (χ4n) is 1.16. The maximum atomic E-state index is 7.24. The van der Waals surface area contributed by atoms with E-state index in [0.717, 1.165) is 12.1 Å². The fraction of sp³-hybridized carbons (Fsp3) is 0.100. The molecule has 2 heteroatoms. The molecular weight excluding hydrogens is 148 g/mol. The molecule has 0 aliphatic carbocycles. The highest BCUT2D eigenvalue weighted by molar-refractivity contribution is 5.19. The van der Waals surface area contributed by atoms with Crippen molar-refractivity contribution >= 4 is 0 Å². The van der Waals surface area contributed by atoms with E-state index in [0.29, 0.717) is 0 Å². The van der Waals surface area contributed by atoms with Crippen LogP contribution in [0.25, 0.3) is 0 Å². The van der Waals surface area contributed by atoms with Gasteiger partial charge >= 0.3 is 0 Å².